The highest BCUT2D eigenvalue weighted by atomic mass is 35.5. The number of allylic oxidation sites excluding steroid dienone is 1. The third kappa shape index (κ3) is 2.98. The Bertz CT molecular complexity index is 917. The first kappa shape index (κ1) is 15.7. The number of benzene rings is 2. The summed E-state index contributed by atoms with van der Waals surface area (Å²) in [5, 5.41) is 8.42. The molecule has 1 aromatic heterocycles. The molecule has 6 heteroatoms. The molecule has 0 saturated heterocycles. The second-order valence-electron chi connectivity index (χ2n) is 5.66. The predicted octanol–water partition coefficient (Wildman–Crippen LogP) is 4.39. The van der Waals surface area contributed by atoms with Crippen molar-refractivity contribution in [3.63, 3.8) is 0 Å². The Kier molecular flexibility index (Phi) is 4.15. The van der Waals surface area contributed by atoms with E-state index in [-0.39, 0.29) is 6.04 Å². The van der Waals surface area contributed by atoms with Crippen LogP contribution in [0.5, 0.6) is 5.75 Å². The quantitative estimate of drug-likeness (QED) is 0.756. The van der Waals surface area contributed by atoms with Gasteiger partial charge in [0.2, 0.25) is 5.95 Å². The van der Waals surface area contributed by atoms with Crippen molar-refractivity contribution < 1.29 is 4.74 Å². The van der Waals surface area contributed by atoms with Gasteiger partial charge in [-0.25, -0.2) is 4.68 Å². The largest absolute Gasteiger partial charge is 0.494 e. The highest BCUT2D eigenvalue weighted by molar-refractivity contribution is 6.30. The van der Waals surface area contributed by atoms with Gasteiger partial charge in [0.15, 0.2) is 0 Å². The second kappa shape index (κ2) is 6.61. The van der Waals surface area contributed by atoms with Crippen LogP contribution in [-0.2, 0) is 0 Å². The third-order valence-corrected chi connectivity index (χ3v) is 4.35. The summed E-state index contributed by atoms with van der Waals surface area (Å²) in [7, 11) is 0. The van der Waals surface area contributed by atoms with Gasteiger partial charge in [0.05, 0.1) is 6.61 Å². The van der Waals surface area contributed by atoms with Crippen molar-refractivity contribution in [2.24, 2.45) is 0 Å². The van der Waals surface area contributed by atoms with Crippen molar-refractivity contribution >= 4 is 23.2 Å². The molecular formula is C19H17ClN4O. The molecule has 0 saturated carbocycles. The fraction of sp³-hybridized carbons (Fsp3) is 0.158. The lowest BCUT2D eigenvalue weighted by Crippen LogP contribution is -2.20. The Morgan fingerprint density at radius 3 is 2.76 bits per heavy atom. The lowest BCUT2D eigenvalue weighted by Gasteiger charge is -2.25. The van der Waals surface area contributed by atoms with Gasteiger partial charge in [-0.15, -0.1) is 0 Å². The first-order chi connectivity index (χ1) is 12.3. The van der Waals surface area contributed by atoms with Crippen LogP contribution in [0.15, 0.2) is 60.9 Å². The molecule has 4 rings (SSSR count). The monoisotopic (exact) mass is 352 g/mol. The molecular weight excluding hydrogens is 336 g/mol. The molecule has 25 heavy (non-hydrogen) atoms. The number of fused-ring (bicyclic) bond motifs is 1. The van der Waals surface area contributed by atoms with E-state index in [1.807, 2.05) is 54.1 Å². The molecule has 0 aliphatic carbocycles. The van der Waals surface area contributed by atoms with Gasteiger partial charge >= 0.3 is 0 Å². The number of nitrogens with zero attached hydrogens (tertiary/aromatic N) is 3. The number of aromatic nitrogens is 3. The summed E-state index contributed by atoms with van der Waals surface area (Å²) in [6.45, 7) is 2.59. The first-order valence-corrected chi connectivity index (χ1v) is 8.50. The molecule has 1 N–H and O–H groups in total. The van der Waals surface area contributed by atoms with Gasteiger partial charge < -0.3 is 10.1 Å². The SMILES string of the molecule is CCOc1ccccc1[C@@H]1C=C(c2ccc(Cl)cc2)Nc2ncnn21. The van der Waals surface area contributed by atoms with Crippen LogP contribution in [0.1, 0.15) is 24.1 Å². The lowest BCUT2D eigenvalue weighted by atomic mass is 10.0. The maximum Gasteiger partial charge on any atom is 0.226 e. The Morgan fingerprint density at radius 1 is 1.16 bits per heavy atom. The first-order valence-electron chi connectivity index (χ1n) is 8.12. The molecule has 1 atom stereocenters. The summed E-state index contributed by atoms with van der Waals surface area (Å²) in [6.07, 6.45) is 3.68. The van der Waals surface area contributed by atoms with E-state index in [1.54, 1.807) is 6.33 Å². The zero-order valence-electron chi connectivity index (χ0n) is 13.7. The number of halogens is 1. The van der Waals surface area contributed by atoms with Gasteiger partial charge in [0.1, 0.15) is 18.1 Å². The smallest absolute Gasteiger partial charge is 0.226 e. The van der Waals surface area contributed by atoms with Crippen molar-refractivity contribution in [1.82, 2.24) is 14.8 Å². The molecule has 0 unspecified atom stereocenters. The molecule has 2 aromatic carbocycles. The van der Waals surface area contributed by atoms with E-state index in [1.165, 1.54) is 0 Å². The molecule has 0 radical (unpaired) electrons. The van der Waals surface area contributed by atoms with Crippen LogP contribution in [0.3, 0.4) is 0 Å². The second-order valence-corrected chi connectivity index (χ2v) is 6.09. The van der Waals surface area contributed by atoms with E-state index in [9.17, 15) is 0 Å². The average molecular weight is 353 g/mol. The average Bonchev–Trinajstić information content (AvgIpc) is 3.11. The van der Waals surface area contributed by atoms with Crippen molar-refractivity contribution in [3.8, 4) is 5.75 Å². The van der Waals surface area contributed by atoms with Crippen LogP contribution < -0.4 is 10.1 Å². The molecule has 0 fully saturated rings. The van der Waals surface area contributed by atoms with Crippen LogP contribution in [0.25, 0.3) is 5.70 Å². The highest BCUT2D eigenvalue weighted by Crippen LogP contribution is 2.36. The normalized spacial score (nSPS) is 15.9. The van der Waals surface area contributed by atoms with Gasteiger partial charge in [-0.3, -0.25) is 0 Å². The van der Waals surface area contributed by atoms with Crippen LogP contribution in [0, 0.1) is 0 Å². The molecule has 1 aliphatic rings. The minimum atomic E-state index is -0.104. The topological polar surface area (TPSA) is 52.0 Å². The van der Waals surface area contributed by atoms with E-state index in [2.05, 4.69) is 27.5 Å². The van der Waals surface area contributed by atoms with Gasteiger partial charge in [-0.2, -0.15) is 10.1 Å². The van der Waals surface area contributed by atoms with Crippen molar-refractivity contribution in [2.45, 2.75) is 13.0 Å². The molecule has 2 heterocycles. The van der Waals surface area contributed by atoms with Crippen LogP contribution in [0.2, 0.25) is 5.02 Å². The Labute approximate surface area is 150 Å². The van der Waals surface area contributed by atoms with E-state index < -0.39 is 0 Å². The van der Waals surface area contributed by atoms with E-state index in [0.717, 1.165) is 22.6 Å². The summed E-state index contributed by atoms with van der Waals surface area (Å²) < 4.78 is 7.67. The zero-order valence-corrected chi connectivity index (χ0v) is 14.4. The number of nitrogens with one attached hydrogen (secondary N) is 1. The van der Waals surface area contributed by atoms with Crippen LogP contribution in [0.4, 0.5) is 5.95 Å². The maximum atomic E-state index is 6.01. The molecule has 126 valence electrons. The molecule has 5 nitrogen and oxygen atoms in total. The number of anilines is 1. The van der Waals surface area contributed by atoms with Gasteiger partial charge in [0.25, 0.3) is 0 Å². The van der Waals surface area contributed by atoms with Gasteiger partial charge in [-0.1, -0.05) is 41.9 Å². The summed E-state index contributed by atoms with van der Waals surface area (Å²) in [6, 6.07) is 15.6. The van der Waals surface area contributed by atoms with Crippen molar-refractivity contribution in [3.05, 3.63) is 77.1 Å². The zero-order chi connectivity index (χ0) is 17.2. The van der Waals surface area contributed by atoms with E-state index >= 15 is 0 Å². The summed E-state index contributed by atoms with van der Waals surface area (Å²) in [5.74, 6) is 1.55. The third-order valence-electron chi connectivity index (χ3n) is 4.10. The van der Waals surface area contributed by atoms with E-state index in [4.69, 9.17) is 16.3 Å². The standard InChI is InChI=1S/C19H17ClN4O/c1-2-25-18-6-4-3-5-15(18)17-11-16(13-7-9-14(20)10-8-13)23-19-21-12-22-24(17)19/h3-12,17H,2H2,1H3,(H,21,22,23)/t17-/m0/s1. The summed E-state index contributed by atoms with van der Waals surface area (Å²) >= 11 is 6.01. The fourth-order valence-corrected chi connectivity index (χ4v) is 3.09. The molecule has 0 amide bonds. The molecule has 0 spiro atoms. The Morgan fingerprint density at radius 2 is 1.96 bits per heavy atom. The van der Waals surface area contributed by atoms with Gasteiger partial charge in [-0.05, 0) is 36.8 Å². The molecule has 1 aliphatic heterocycles. The minimum absolute atomic E-state index is 0.104. The van der Waals surface area contributed by atoms with E-state index in [0.29, 0.717) is 17.6 Å². The van der Waals surface area contributed by atoms with Crippen LogP contribution >= 0.6 is 11.6 Å². The highest BCUT2D eigenvalue weighted by Gasteiger charge is 2.25. The van der Waals surface area contributed by atoms with Crippen LogP contribution in [-0.4, -0.2) is 21.4 Å². The minimum Gasteiger partial charge on any atom is -0.494 e. The molecule has 0 bridgehead atoms. The summed E-state index contributed by atoms with van der Waals surface area (Å²) in [4.78, 5) is 4.33. The lowest BCUT2D eigenvalue weighted by molar-refractivity contribution is 0.333. The number of ether oxygens (including phenoxy) is 1. The fourth-order valence-electron chi connectivity index (χ4n) is 2.96. The Balaban J connectivity index is 1.81. The summed E-state index contributed by atoms with van der Waals surface area (Å²) in [5.41, 5.74) is 3.05. The number of hydrogen-bond donors (Lipinski definition) is 1. The van der Waals surface area contributed by atoms with Crippen molar-refractivity contribution in [2.75, 3.05) is 11.9 Å². The number of rotatable bonds is 4. The van der Waals surface area contributed by atoms with Crippen molar-refractivity contribution in [1.29, 1.82) is 0 Å². The maximum absolute atomic E-state index is 6.01. The number of hydrogen-bond acceptors (Lipinski definition) is 4. The molecule has 3 aromatic rings. The Hall–Kier alpha value is -2.79. The predicted molar refractivity (Wildman–Crippen MR) is 98.8 cm³/mol. The van der Waals surface area contributed by atoms with Gasteiger partial charge in [0, 0.05) is 16.3 Å². The number of para-hydroxylation sites is 1.